The van der Waals surface area contributed by atoms with Crippen molar-refractivity contribution in [3.05, 3.63) is 95.8 Å². The van der Waals surface area contributed by atoms with Gasteiger partial charge in [-0.3, -0.25) is 14.4 Å². The minimum absolute atomic E-state index is 0.279. The summed E-state index contributed by atoms with van der Waals surface area (Å²) in [6.07, 6.45) is 2.96. The largest absolute Gasteiger partial charge is 0.497 e. The number of carbonyl (C=O) groups is 3. The van der Waals surface area contributed by atoms with Crippen LogP contribution in [0.1, 0.15) is 22.8 Å². The van der Waals surface area contributed by atoms with E-state index < -0.39 is 29.6 Å². The number of ether oxygens (including phenoxy) is 1. The third-order valence-corrected chi connectivity index (χ3v) is 4.77. The Bertz CT molecular complexity index is 1210. The van der Waals surface area contributed by atoms with Crippen molar-refractivity contribution in [3.63, 3.8) is 0 Å². The zero-order valence-corrected chi connectivity index (χ0v) is 18.7. The molecule has 7 nitrogen and oxygen atoms in total. The van der Waals surface area contributed by atoms with Crippen molar-refractivity contribution >= 4 is 35.2 Å². The number of halogens is 1. The van der Waals surface area contributed by atoms with Gasteiger partial charge in [-0.05, 0) is 67.1 Å². The van der Waals surface area contributed by atoms with E-state index in [1.807, 2.05) is 0 Å². The molecule has 0 heterocycles. The summed E-state index contributed by atoms with van der Waals surface area (Å²) in [6.45, 7) is 1.55. The lowest BCUT2D eigenvalue weighted by Crippen LogP contribution is -2.40. The number of methoxy groups -OCH3 is 1. The minimum Gasteiger partial charge on any atom is -0.497 e. The molecule has 0 aliphatic rings. The first-order valence-electron chi connectivity index (χ1n) is 10.4. The Kier molecular flexibility index (Phi) is 8.12. The predicted molar refractivity (Wildman–Crippen MR) is 129 cm³/mol. The van der Waals surface area contributed by atoms with Gasteiger partial charge in [-0.1, -0.05) is 24.3 Å². The van der Waals surface area contributed by atoms with Gasteiger partial charge in [0.2, 0.25) is 11.8 Å². The molecule has 8 heteroatoms. The summed E-state index contributed by atoms with van der Waals surface area (Å²) in [5.41, 5.74) is 1.78. The topological polar surface area (TPSA) is 96.5 Å². The Morgan fingerprint density at radius 2 is 1.59 bits per heavy atom. The van der Waals surface area contributed by atoms with Gasteiger partial charge in [-0.25, -0.2) is 4.39 Å². The highest BCUT2D eigenvalue weighted by atomic mass is 19.1. The molecule has 34 heavy (non-hydrogen) atoms. The lowest BCUT2D eigenvalue weighted by Gasteiger charge is -2.14. The van der Waals surface area contributed by atoms with Gasteiger partial charge in [-0.15, -0.1) is 0 Å². The van der Waals surface area contributed by atoms with Gasteiger partial charge in [0.1, 0.15) is 17.6 Å². The third kappa shape index (κ3) is 7.03. The molecular weight excluding hydrogens is 437 g/mol. The molecule has 0 aliphatic carbocycles. The van der Waals surface area contributed by atoms with E-state index >= 15 is 0 Å². The lowest BCUT2D eigenvalue weighted by atomic mass is 10.1. The monoisotopic (exact) mass is 461 g/mol. The Balaban J connectivity index is 1.55. The summed E-state index contributed by atoms with van der Waals surface area (Å²) in [7, 11) is 1.57. The van der Waals surface area contributed by atoms with Gasteiger partial charge in [0.15, 0.2) is 0 Å². The van der Waals surface area contributed by atoms with Crippen LogP contribution in [-0.4, -0.2) is 30.9 Å². The maximum Gasteiger partial charge on any atom is 0.255 e. The third-order valence-electron chi connectivity index (χ3n) is 4.77. The second kappa shape index (κ2) is 11.4. The number of benzene rings is 3. The molecule has 0 aromatic heterocycles. The molecule has 0 radical (unpaired) electrons. The molecule has 0 saturated heterocycles. The van der Waals surface area contributed by atoms with Crippen molar-refractivity contribution in [1.29, 1.82) is 0 Å². The quantitative estimate of drug-likeness (QED) is 0.437. The fourth-order valence-electron chi connectivity index (χ4n) is 2.97. The van der Waals surface area contributed by atoms with Crippen LogP contribution in [0.5, 0.6) is 5.75 Å². The Morgan fingerprint density at radius 3 is 2.26 bits per heavy atom. The number of hydrogen-bond acceptors (Lipinski definition) is 4. The van der Waals surface area contributed by atoms with Crippen molar-refractivity contribution in [3.8, 4) is 5.75 Å². The van der Waals surface area contributed by atoms with Crippen LogP contribution in [0.2, 0.25) is 0 Å². The molecule has 3 N–H and O–H groups in total. The van der Waals surface area contributed by atoms with Crippen LogP contribution in [0, 0.1) is 5.82 Å². The van der Waals surface area contributed by atoms with Crippen LogP contribution < -0.4 is 20.7 Å². The summed E-state index contributed by atoms with van der Waals surface area (Å²) in [5.74, 6) is -1.08. The molecule has 3 amide bonds. The second-order valence-electron chi connectivity index (χ2n) is 7.37. The van der Waals surface area contributed by atoms with Crippen molar-refractivity contribution in [2.24, 2.45) is 0 Å². The maximum atomic E-state index is 13.3. The van der Waals surface area contributed by atoms with Crippen LogP contribution >= 0.6 is 0 Å². The van der Waals surface area contributed by atoms with Crippen molar-refractivity contribution in [1.82, 2.24) is 5.32 Å². The Morgan fingerprint density at radius 1 is 0.912 bits per heavy atom. The predicted octanol–water partition coefficient (Wildman–Crippen LogP) is 4.24. The fourth-order valence-corrected chi connectivity index (χ4v) is 2.97. The first kappa shape index (κ1) is 24.2. The van der Waals surface area contributed by atoms with Crippen LogP contribution in [0.15, 0.2) is 78.9 Å². The molecule has 3 rings (SSSR count). The van der Waals surface area contributed by atoms with Gasteiger partial charge in [0, 0.05) is 23.0 Å². The average molecular weight is 461 g/mol. The van der Waals surface area contributed by atoms with Gasteiger partial charge < -0.3 is 20.7 Å². The van der Waals surface area contributed by atoms with Crippen LogP contribution in [0.25, 0.3) is 6.08 Å². The standard InChI is InChI=1S/C26H24FN3O4/c1-17(28-24(31)14-11-18-9-12-23(34-2)13-10-18)25(32)29-21-7-3-5-19(15-21)26(33)30-22-8-4-6-20(27)16-22/h3-17H,1-2H3,(H,28,31)(H,29,32)(H,30,33)/b14-11+. The second-order valence-corrected chi connectivity index (χ2v) is 7.37. The number of amides is 3. The fraction of sp³-hybridized carbons (Fsp3) is 0.115. The van der Waals surface area contributed by atoms with Gasteiger partial charge in [-0.2, -0.15) is 0 Å². The van der Waals surface area contributed by atoms with Crippen LogP contribution in [-0.2, 0) is 9.59 Å². The van der Waals surface area contributed by atoms with Gasteiger partial charge in [0.25, 0.3) is 5.91 Å². The molecule has 1 atom stereocenters. The number of hydrogen-bond donors (Lipinski definition) is 3. The van der Waals surface area contributed by atoms with Crippen molar-refractivity contribution < 1.29 is 23.5 Å². The molecule has 0 aliphatic heterocycles. The van der Waals surface area contributed by atoms with Crippen LogP contribution in [0.3, 0.4) is 0 Å². The average Bonchev–Trinajstić information content (AvgIpc) is 2.83. The van der Waals surface area contributed by atoms with E-state index in [9.17, 15) is 18.8 Å². The highest BCUT2D eigenvalue weighted by Crippen LogP contribution is 2.15. The molecule has 174 valence electrons. The molecule has 0 fully saturated rings. The molecule has 3 aromatic rings. The maximum absolute atomic E-state index is 13.3. The highest BCUT2D eigenvalue weighted by molar-refractivity contribution is 6.06. The van der Waals surface area contributed by atoms with Crippen LogP contribution in [0.4, 0.5) is 15.8 Å². The molecular formula is C26H24FN3O4. The van der Waals surface area contributed by atoms with E-state index in [2.05, 4.69) is 16.0 Å². The Hall–Kier alpha value is -4.46. The summed E-state index contributed by atoms with van der Waals surface area (Å²) in [4.78, 5) is 37.1. The van der Waals surface area contributed by atoms with E-state index in [0.29, 0.717) is 17.1 Å². The summed E-state index contributed by atoms with van der Waals surface area (Å²) >= 11 is 0. The molecule has 3 aromatic carbocycles. The number of anilines is 2. The van der Waals surface area contributed by atoms with E-state index in [1.54, 1.807) is 68.6 Å². The number of rotatable bonds is 8. The normalized spacial score (nSPS) is 11.5. The van der Waals surface area contributed by atoms with Crippen molar-refractivity contribution in [2.45, 2.75) is 13.0 Å². The van der Waals surface area contributed by atoms with Crippen molar-refractivity contribution in [2.75, 3.05) is 17.7 Å². The molecule has 1 unspecified atom stereocenters. The Labute approximate surface area is 196 Å². The first-order valence-corrected chi connectivity index (χ1v) is 10.4. The van der Waals surface area contributed by atoms with E-state index in [1.165, 1.54) is 30.3 Å². The van der Waals surface area contributed by atoms with Gasteiger partial charge in [0.05, 0.1) is 7.11 Å². The van der Waals surface area contributed by atoms with E-state index in [4.69, 9.17) is 4.74 Å². The summed E-state index contributed by atoms with van der Waals surface area (Å²) < 4.78 is 18.4. The van der Waals surface area contributed by atoms with E-state index in [0.717, 1.165) is 5.56 Å². The van der Waals surface area contributed by atoms with Gasteiger partial charge >= 0.3 is 0 Å². The zero-order valence-electron chi connectivity index (χ0n) is 18.7. The number of nitrogens with one attached hydrogen (secondary N) is 3. The molecule has 0 spiro atoms. The smallest absolute Gasteiger partial charge is 0.255 e. The van der Waals surface area contributed by atoms with E-state index in [-0.39, 0.29) is 5.56 Å². The SMILES string of the molecule is COc1ccc(/C=C/C(=O)NC(C)C(=O)Nc2cccc(C(=O)Nc3cccc(F)c3)c2)cc1. The summed E-state index contributed by atoms with van der Waals surface area (Å²) in [6, 6.07) is 18.2. The first-order chi connectivity index (χ1) is 16.3. The molecule has 0 saturated carbocycles. The summed E-state index contributed by atoms with van der Waals surface area (Å²) in [5, 5.41) is 7.86. The minimum atomic E-state index is -0.821. The molecule has 0 bridgehead atoms. The lowest BCUT2D eigenvalue weighted by molar-refractivity contribution is -0.123. The highest BCUT2D eigenvalue weighted by Gasteiger charge is 2.15. The number of carbonyl (C=O) groups excluding carboxylic acids is 3. The zero-order chi connectivity index (χ0) is 24.5.